The second-order valence-corrected chi connectivity index (χ2v) is 12.9. The molecule has 3 fully saturated rings. The Labute approximate surface area is 283 Å². The molecule has 4 atom stereocenters. The Morgan fingerprint density at radius 3 is 2.57 bits per heavy atom. The van der Waals surface area contributed by atoms with Gasteiger partial charge in [0.05, 0.1) is 17.5 Å². The van der Waals surface area contributed by atoms with E-state index in [1.807, 2.05) is 65.8 Å². The summed E-state index contributed by atoms with van der Waals surface area (Å²) >= 11 is 7.81. The van der Waals surface area contributed by atoms with Crippen LogP contribution in [0.3, 0.4) is 0 Å². The van der Waals surface area contributed by atoms with Crippen LogP contribution < -0.4 is 16.4 Å². The molecule has 5 N–H and O–H groups in total. The number of urea groups is 1. The lowest BCUT2D eigenvalue weighted by Crippen LogP contribution is -2.34. The van der Waals surface area contributed by atoms with Crippen molar-refractivity contribution in [3.63, 3.8) is 0 Å². The number of nitrogens with one attached hydrogen (secondary N) is 2. The predicted molar refractivity (Wildman–Crippen MR) is 182 cm³/mol. The zero-order valence-electron chi connectivity index (χ0n) is 26.3. The molecule has 2 amide bonds. The molecule has 3 aromatic rings. The van der Waals surface area contributed by atoms with Crippen molar-refractivity contribution in [3.8, 4) is 12.3 Å². The Bertz CT molecular complexity index is 1550. The Hall–Kier alpha value is -3.99. The third kappa shape index (κ3) is 10.2. The van der Waals surface area contributed by atoms with E-state index in [4.69, 9.17) is 38.3 Å². The molecule has 14 heteroatoms. The fourth-order valence-corrected chi connectivity index (χ4v) is 6.79. The molecule has 12 nitrogen and oxygen atoms in total. The number of unbranched alkanes of at least 4 members (excludes halogenated alkanes) is 1. The number of esters is 1. The zero-order chi connectivity index (χ0) is 33.8. The summed E-state index contributed by atoms with van der Waals surface area (Å²) in [5, 5.41) is 14.8. The van der Waals surface area contributed by atoms with Gasteiger partial charge >= 0.3 is 18.0 Å². The number of benzene rings is 1. The van der Waals surface area contributed by atoms with Crippen molar-refractivity contribution in [3.05, 3.63) is 53.4 Å². The number of nitrogen functional groups attached to an aromatic ring is 1. The molecular formula is C33H41ClN6O6S. The average Bonchev–Trinajstić information content (AvgIpc) is 3.84. The number of anilines is 1. The van der Waals surface area contributed by atoms with Gasteiger partial charge in [0.15, 0.2) is 5.60 Å². The maximum Gasteiger partial charge on any atom is 0.315 e. The van der Waals surface area contributed by atoms with Crippen LogP contribution in [0.4, 0.5) is 10.6 Å². The van der Waals surface area contributed by atoms with Crippen molar-refractivity contribution in [2.45, 2.75) is 82.2 Å². The molecule has 6 rings (SSSR count). The van der Waals surface area contributed by atoms with Crippen molar-refractivity contribution in [1.29, 1.82) is 0 Å². The molecule has 3 saturated heterocycles. The number of amides is 2. The number of aromatic nitrogens is 3. The standard InChI is InChI=1S/C18H21ClN4O3.C10H12O2.C5H8N2OS/c1-3-5-6-14(24)25-11-18(4-2)9-7-13(26-18)23-10-8-12-15(20)21-17(19)22-16(12)23;11-10(12)8-4-7-9-5-2-1-3-6-9;8-5-6-3-1-9-2-4(3)7-5/h2,8,10,13H,3,5-7,9,11H2,1H3,(H2,20,21,22);1-3,5-6H,4,7-8H2,(H,11,12);3-4H,1-2H2,(H2,6,7,8)/t13-,18?;;3-,4+/m1../s1. The van der Waals surface area contributed by atoms with Crippen LogP contribution >= 0.6 is 23.4 Å². The molecule has 2 aromatic heterocycles. The number of terminal acetylenes is 1. The molecule has 0 aliphatic carbocycles. The molecule has 252 valence electrons. The molecule has 3 aliphatic rings. The number of aryl methyl sites for hydroxylation is 1. The van der Waals surface area contributed by atoms with Gasteiger partial charge in [-0.25, -0.2) is 9.78 Å². The first-order chi connectivity index (χ1) is 22.6. The van der Waals surface area contributed by atoms with E-state index in [0.717, 1.165) is 37.2 Å². The number of aliphatic carboxylic acids is 1. The maximum atomic E-state index is 11.8. The van der Waals surface area contributed by atoms with Gasteiger partial charge in [0, 0.05) is 30.5 Å². The number of halogens is 1. The summed E-state index contributed by atoms with van der Waals surface area (Å²) in [6.07, 6.45) is 12.3. The fourth-order valence-electron chi connectivity index (χ4n) is 5.34. The lowest BCUT2D eigenvalue weighted by atomic mass is 10.0. The Morgan fingerprint density at radius 2 is 1.91 bits per heavy atom. The van der Waals surface area contributed by atoms with Crippen LogP contribution in [0, 0.1) is 12.3 Å². The van der Waals surface area contributed by atoms with E-state index >= 15 is 0 Å². The van der Waals surface area contributed by atoms with E-state index < -0.39 is 11.6 Å². The first kappa shape index (κ1) is 35.9. The zero-order valence-corrected chi connectivity index (χ0v) is 27.9. The number of carboxylic acids is 1. The van der Waals surface area contributed by atoms with Gasteiger partial charge in [0.1, 0.15) is 24.3 Å². The van der Waals surface area contributed by atoms with Crippen molar-refractivity contribution < 1.29 is 29.0 Å². The highest BCUT2D eigenvalue weighted by molar-refractivity contribution is 7.99. The topological polar surface area (TPSA) is 171 Å². The van der Waals surface area contributed by atoms with Gasteiger partial charge in [-0.1, -0.05) is 49.6 Å². The number of hydrogen-bond donors (Lipinski definition) is 4. The number of nitrogens with zero attached hydrogens (tertiary/aromatic N) is 3. The van der Waals surface area contributed by atoms with E-state index in [1.165, 1.54) is 5.56 Å². The summed E-state index contributed by atoms with van der Waals surface area (Å²) < 4.78 is 13.3. The van der Waals surface area contributed by atoms with Gasteiger partial charge in [0.2, 0.25) is 5.28 Å². The minimum absolute atomic E-state index is 0.00491. The van der Waals surface area contributed by atoms with Crippen molar-refractivity contribution in [2.24, 2.45) is 0 Å². The highest BCUT2D eigenvalue weighted by atomic mass is 35.5. The molecule has 5 heterocycles. The summed E-state index contributed by atoms with van der Waals surface area (Å²) in [7, 11) is 0. The third-order valence-corrected chi connectivity index (χ3v) is 9.28. The Balaban J connectivity index is 0.000000194. The minimum atomic E-state index is -0.939. The summed E-state index contributed by atoms with van der Waals surface area (Å²) in [6.45, 7) is 2.06. The van der Waals surface area contributed by atoms with Crippen LogP contribution in [0.15, 0.2) is 42.6 Å². The van der Waals surface area contributed by atoms with E-state index in [-0.39, 0.29) is 36.5 Å². The van der Waals surface area contributed by atoms with Crippen LogP contribution in [0.5, 0.6) is 0 Å². The first-order valence-electron chi connectivity index (χ1n) is 15.6. The van der Waals surface area contributed by atoms with Gasteiger partial charge in [0.25, 0.3) is 0 Å². The normalized spacial score (nSPS) is 22.5. The van der Waals surface area contributed by atoms with Crippen molar-refractivity contribution >= 4 is 58.2 Å². The van der Waals surface area contributed by atoms with Crippen LogP contribution in [-0.2, 0) is 25.5 Å². The van der Waals surface area contributed by atoms with E-state index in [0.29, 0.717) is 48.2 Å². The van der Waals surface area contributed by atoms with Gasteiger partial charge < -0.3 is 35.5 Å². The number of hydrogen-bond acceptors (Lipinski definition) is 9. The second kappa shape index (κ2) is 17.2. The molecule has 0 bridgehead atoms. The Morgan fingerprint density at radius 1 is 1.19 bits per heavy atom. The second-order valence-electron chi connectivity index (χ2n) is 11.5. The summed E-state index contributed by atoms with van der Waals surface area (Å²) in [5.74, 6) is 4.14. The molecule has 0 radical (unpaired) electrons. The molecule has 3 aliphatic heterocycles. The van der Waals surface area contributed by atoms with Crippen LogP contribution in [-0.4, -0.2) is 73.4 Å². The van der Waals surface area contributed by atoms with Crippen LogP contribution in [0.25, 0.3) is 11.0 Å². The minimum Gasteiger partial charge on any atom is -0.481 e. The predicted octanol–water partition coefficient (Wildman–Crippen LogP) is 4.96. The molecular weight excluding hydrogens is 644 g/mol. The van der Waals surface area contributed by atoms with Crippen LogP contribution in [0.1, 0.15) is 63.7 Å². The van der Waals surface area contributed by atoms with E-state index in [9.17, 15) is 14.4 Å². The number of thioether (sulfide) groups is 1. The SMILES string of the molecule is C#CC1(COC(=O)CCCC)CC[C@H](n2ccc3c(N)nc(Cl)nc32)O1.O=C(O)CCCc1ccccc1.O=C1N[C@H]2CSC[C@H]2N1. The maximum absolute atomic E-state index is 11.8. The van der Waals surface area contributed by atoms with Crippen LogP contribution in [0.2, 0.25) is 5.28 Å². The number of carbonyl (C=O) groups excluding carboxylic acids is 2. The quantitative estimate of drug-likeness (QED) is 0.0991. The van der Waals surface area contributed by atoms with Crippen molar-refractivity contribution in [1.82, 2.24) is 25.2 Å². The molecule has 1 unspecified atom stereocenters. The molecule has 0 saturated carbocycles. The molecule has 1 aromatic carbocycles. The molecule has 0 spiro atoms. The molecule has 47 heavy (non-hydrogen) atoms. The first-order valence-corrected chi connectivity index (χ1v) is 17.2. The summed E-state index contributed by atoms with van der Waals surface area (Å²) in [6, 6.07) is 12.6. The van der Waals surface area contributed by atoms with Gasteiger partial charge in [-0.15, -0.1) is 6.42 Å². The highest BCUT2D eigenvalue weighted by Gasteiger charge is 2.41. The van der Waals surface area contributed by atoms with Gasteiger partial charge in [-0.3, -0.25) is 9.59 Å². The largest absolute Gasteiger partial charge is 0.481 e. The lowest BCUT2D eigenvalue weighted by molar-refractivity contribution is -0.152. The smallest absolute Gasteiger partial charge is 0.315 e. The number of carbonyl (C=O) groups is 3. The third-order valence-electron chi connectivity index (χ3n) is 7.92. The number of nitrogens with two attached hydrogens (primary N) is 1. The van der Waals surface area contributed by atoms with E-state index in [1.54, 1.807) is 0 Å². The summed E-state index contributed by atoms with van der Waals surface area (Å²) in [5.41, 5.74) is 6.74. The number of fused-ring (bicyclic) bond motifs is 2. The monoisotopic (exact) mass is 684 g/mol. The highest BCUT2D eigenvalue weighted by Crippen LogP contribution is 2.38. The average molecular weight is 685 g/mol. The van der Waals surface area contributed by atoms with E-state index in [2.05, 4.69) is 26.5 Å². The number of carboxylic acid groups (broad SMARTS) is 1. The lowest BCUT2D eigenvalue weighted by Gasteiger charge is -2.24. The van der Waals surface area contributed by atoms with Crippen molar-refractivity contribution in [2.75, 3.05) is 23.8 Å². The van der Waals surface area contributed by atoms with Gasteiger partial charge in [-0.05, 0) is 55.3 Å². The Kier molecular flexibility index (Phi) is 13.2. The number of ether oxygens (including phenoxy) is 2. The van der Waals surface area contributed by atoms with Gasteiger partial charge in [-0.2, -0.15) is 16.7 Å². The fraction of sp³-hybridized carbons (Fsp3) is 0.485. The number of rotatable bonds is 10. The summed E-state index contributed by atoms with van der Waals surface area (Å²) in [4.78, 5) is 40.8.